The Balaban J connectivity index is 1.98. The summed E-state index contributed by atoms with van der Waals surface area (Å²) in [5, 5.41) is 15.8. The van der Waals surface area contributed by atoms with Crippen LogP contribution >= 0.6 is 0 Å². The number of aliphatic carboxylic acids is 1. The summed E-state index contributed by atoms with van der Waals surface area (Å²) in [6, 6.07) is 9.14. The van der Waals surface area contributed by atoms with Crippen molar-refractivity contribution < 1.29 is 14.7 Å². The molecule has 22 heavy (non-hydrogen) atoms. The van der Waals surface area contributed by atoms with E-state index in [4.69, 9.17) is 5.11 Å². The van der Waals surface area contributed by atoms with E-state index in [1.54, 1.807) is 22.9 Å². The van der Waals surface area contributed by atoms with E-state index >= 15 is 0 Å². The van der Waals surface area contributed by atoms with E-state index in [-0.39, 0.29) is 18.9 Å². The fraction of sp³-hybridized carbons (Fsp3) is 0.312. The van der Waals surface area contributed by atoms with E-state index in [2.05, 4.69) is 10.4 Å². The standard InChI is InChI=1S/C16H19N3O3/c1-11-8-12(2)19(18-11)10-15(20)17-14-5-3-4-13(9-14)6-7-16(21)22/h3-5,8-9H,6-7,10H2,1-2H3,(H,17,20)(H,21,22). The predicted molar refractivity (Wildman–Crippen MR) is 82.7 cm³/mol. The first kappa shape index (κ1) is 15.8. The van der Waals surface area contributed by atoms with E-state index in [9.17, 15) is 9.59 Å². The van der Waals surface area contributed by atoms with Crippen molar-refractivity contribution in [2.75, 3.05) is 5.32 Å². The molecule has 0 unspecified atom stereocenters. The smallest absolute Gasteiger partial charge is 0.303 e. The van der Waals surface area contributed by atoms with Crippen LogP contribution in [0.5, 0.6) is 0 Å². The molecule has 6 nitrogen and oxygen atoms in total. The number of hydrogen-bond acceptors (Lipinski definition) is 3. The SMILES string of the molecule is Cc1cc(C)n(CC(=O)Nc2cccc(CCC(=O)O)c2)n1. The number of carbonyl (C=O) groups excluding carboxylic acids is 1. The molecule has 0 fully saturated rings. The van der Waals surface area contributed by atoms with Gasteiger partial charge in [0.2, 0.25) is 5.91 Å². The molecule has 1 heterocycles. The summed E-state index contributed by atoms with van der Waals surface area (Å²) >= 11 is 0. The molecule has 0 aliphatic carbocycles. The third kappa shape index (κ3) is 4.44. The molecule has 1 aromatic carbocycles. The minimum Gasteiger partial charge on any atom is -0.481 e. The molecular formula is C16H19N3O3. The van der Waals surface area contributed by atoms with Gasteiger partial charge in [-0.1, -0.05) is 12.1 Å². The number of rotatable bonds is 6. The van der Waals surface area contributed by atoms with Gasteiger partial charge in [0.05, 0.1) is 5.69 Å². The normalized spacial score (nSPS) is 10.5. The van der Waals surface area contributed by atoms with Crippen molar-refractivity contribution in [1.29, 1.82) is 0 Å². The number of nitrogens with zero attached hydrogens (tertiary/aromatic N) is 2. The lowest BCUT2D eigenvalue weighted by Gasteiger charge is -2.08. The second-order valence-electron chi connectivity index (χ2n) is 5.23. The van der Waals surface area contributed by atoms with Gasteiger partial charge < -0.3 is 10.4 Å². The quantitative estimate of drug-likeness (QED) is 0.856. The van der Waals surface area contributed by atoms with E-state index in [0.717, 1.165) is 17.0 Å². The molecule has 2 aromatic rings. The second-order valence-corrected chi connectivity index (χ2v) is 5.23. The van der Waals surface area contributed by atoms with Crippen LogP contribution in [0.25, 0.3) is 0 Å². The van der Waals surface area contributed by atoms with Gasteiger partial charge in [0.25, 0.3) is 0 Å². The first-order valence-corrected chi connectivity index (χ1v) is 7.05. The molecule has 2 rings (SSSR count). The van der Waals surface area contributed by atoms with Crippen LogP contribution in [-0.2, 0) is 22.6 Å². The molecule has 0 spiro atoms. The van der Waals surface area contributed by atoms with Gasteiger partial charge in [-0.25, -0.2) is 0 Å². The zero-order chi connectivity index (χ0) is 16.1. The van der Waals surface area contributed by atoms with Gasteiger partial charge in [-0.05, 0) is 44.0 Å². The number of aromatic nitrogens is 2. The largest absolute Gasteiger partial charge is 0.481 e. The highest BCUT2D eigenvalue weighted by Gasteiger charge is 2.08. The van der Waals surface area contributed by atoms with E-state index in [1.807, 2.05) is 26.0 Å². The lowest BCUT2D eigenvalue weighted by atomic mass is 10.1. The average molecular weight is 301 g/mol. The Kier molecular flexibility index (Phi) is 4.93. The number of carboxylic acid groups (broad SMARTS) is 1. The van der Waals surface area contributed by atoms with Crippen molar-refractivity contribution in [2.24, 2.45) is 0 Å². The number of carboxylic acids is 1. The number of amides is 1. The highest BCUT2D eigenvalue weighted by molar-refractivity contribution is 5.90. The Labute approximate surface area is 128 Å². The first-order chi connectivity index (χ1) is 10.4. The molecule has 1 amide bonds. The van der Waals surface area contributed by atoms with E-state index in [0.29, 0.717) is 12.1 Å². The molecule has 0 bridgehead atoms. The maximum Gasteiger partial charge on any atom is 0.303 e. The van der Waals surface area contributed by atoms with Gasteiger partial charge in [0.15, 0.2) is 0 Å². The summed E-state index contributed by atoms with van der Waals surface area (Å²) in [6.07, 6.45) is 0.514. The summed E-state index contributed by atoms with van der Waals surface area (Å²) in [5.41, 5.74) is 3.35. The Morgan fingerprint density at radius 1 is 1.27 bits per heavy atom. The van der Waals surface area contributed by atoms with Gasteiger partial charge in [-0.3, -0.25) is 14.3 Å². The number of anilines is 1. The highest BCUT2D eigenvalue weighted by atomic mass is 16.4. The lowest BCUT2D eigenvalue weighted by Crippen LogP contribution is -2.20. The Bertz CT molecular complexity index is 692. The Morgan fingerprint density at radius 2 is 2.05 bits per heavy atom. The summed E-state index contributed by atoms with van der Waals surface area (Å²) < 4.78 is 1.65. The van der Waals surface area contributed by atoms with Crippen LogP contribution < -0.4 is 5.32 Å². The van der Waals surface area contributed by atoms with Crippen molar-refractivity contribution >= 4 is 17.6 Å². The van der Waals surface area contributed by atoms with Crippen LogP contribution in [0.15, 0.2) is 30.3 Å². The highest BCUT2D eigenvalue weighted by Crippen LogP contribution is 2.13. The first-order valence-electron chi connectivity index (χ1n) is 7.05. The Hall–Kier alpha value is -2.63. The van der Waals surface area contributed by atoms with E-state index in [1.165, 1.54) is 0 Å². The average Bonchev–Trinajstić information content (AvgIpc) is 2.75. The van der Waals surface area contributed by atoms with Crippen LogP contribution in [0.4, 0.5) is 5.69 Å². The van der Waals surface area contributed by atoms with Crippen molar-refractivity contribution in [2.45, 2.75) is 33.2 Å². The number of nitrogens with one attached hydrogen (secondary N) is 1. The van der Waals surface area contributed by atoms with Gasteiger partial charge >= 0.3 is 5.97 Å². The zero-order valence-corrected chi connectivity index (χ0v) is 12.7. The lowest BCUT2D eigenvalue weighted by molar-refractivity contribution is -0.137. The van der Waals surface area contributed by atoms with Crippen LogP contribution in [0.2, 0.25) is 0 Å². The summed E-state index contributed by atoms with van der Waals surface area (Å²) in [7, 11) is 0. The molecule has 0 radical (unpaired) electrons. The molecule has 0 saturated heterocycles. The van der Waals surface area contributed by atoms with Gasteiger partial charge in [0, 0.05) is 17.8 Å². The molecule has 6 heteroatoms. The fourth-order valence-electron chi connectivity index (χ4n) is 2.23. The number of hydrogen-bond donors (Lipinski definition) is 2. The molecule has 2 N–H and O–H groups in total. The molecule has 1 aromatic heterocycles. The van der Waals surface area contributed by atoms with Crippen molar-refractivity contribution in [3.63, 3.8) is 0 Å². The predicted octanol–water partition coefficient (Wildman–Crippen LogP) is 2.16. The van der Waals surface area contributed by atoms with Gasteiger partial charge in [0.1, 0.15) is 6.54 Å². The molecule has 0 aliphatic heterocycles. The molecule has 116 valence electrons. The van der Waals surface area contributed by atoms with Gasteiger partial charge in [-0.15, -0.1) is 0 Å². The number of benzene rings is 1. The van der Waals surface area contributed by atoms with Crippen LogP contribution in [-0.4, -0.2) is 26.8 Å². The number of carbonyl (C=O) groups is 2. The maximum absolute atomic E-state index is 12.1. The third-order valence-corrected chi connectivity index (χ3v) is 3.24. The number of aryl methyl sites for hydroxylation is 3. The third-order valence-electron chi connectivity index (χ3n) is 3.24. The summed E-state index contributed by atoms with van der Waals surface area (Å²) in [6.45, 7) is 3.94. The molecule has 0 atom stereocenters. The van der Waals surface area contributed by atoms with E-state index < -0.39 is 5.97 Å². The van der Waals surface area contributed by atoms with Gasteiger partial charge in [-0.2, -0.15) is 5.10 Å². The van der Waals surface area contributed by atoms with Crippen LogP contribution in [0, 0.1) is 13.8 Å². The summed E-state index contributed by atoms with van der Waals surface area (Å²) in [5.74, 6) is -0.999. The fourth-order valence-corrected chi connectivity index (χ4v) is 2.23. The van der Waals surface area contributed by atoms with Crippen molar-refractivity contribution in [3.05, 3.63) is 47.3 Å². The molecule has 0 saturated carbocycles. The Morgan fingerprint density at radius 3 is 2.68 bits per heavy atom. The zero-order valence-electron chi connectivity index (χ0n) is 12.7. The van der Waals surface area contributed by atoms with Crippen LogP contribution in [0.3, 0.4) is 0 Å². The minimum absolute atomic E-state index is 0.0726. The minimum atomic E-state index is -0.834. The van der Waals surface area contributed by atoms with Crippen molar-refractivity contribution in [3.8, 4) is 0 Å². The van der Waals surface area contributed by atoms with Crippen LogP contribution in [0.1, 0.15) is 23.4 Å². The second kappa shape index (κ2) is 6.89. The monoisotopic (exact) mass is 301 g/mol. The topological polar surface area (TPSA) is 84.2 Å². The summed E-state index contributed by atoms with van der Waals surface area (Å²) in [4.78, 5) is 22.6. The maximum atomic E-state index is 12.1. The van der Waals surface area contributed by atoms with Crippen molar-refractivity contribution in [1.82, 2.24) is 9.78 Å². The molecule has 0 aliphatic rings. The molecular weight excluding hydrogens is 282 g/mol.